The summed E-state index contributed by atoms with van der Waals surface area (Å²) in [5.74, 6) is -1.84. The first kappa shape index (κ1) is 12.3. The van der Waals surface area contributed by atoms with Gasteiger partial charge in [0.25, 0.3) is 0 Å². The lowest BCUT2D eigenvalue weighted by molar-refractivity contribution is 0.0696. The van der Waals surface area contributed by atoms with E-state index in [9.17, 15) is 14.3 Å². The molecular weight excluding hydrogens is 239 g/mol. The van der Waals surface area contributed by atoms with E-state index in [-0.39, 0.29) is 12.2 Å². The Balaban J connectivity index is 2.60. The van der Waals surface area contributed by atoms with Crippen LogP contribution in [0.5, 0.6) is 0 Å². The van der Waals surface area contributed by atoms with Gasteiger partial charge in [0.15, 0.2) is 0 Å². The van der Waals surface area contributed by atoms with E-state index < -0.39 is 11.8 Å². The molecule has 0 aliphatic heterocycles. The Morgan fingerprint density at radius 1 is 1.44 bits per heavy atom. The number of hydrogen-bond donors (Lipinski definition) is 2. The molecule has 0 bridgehead atoms. The van der Waals surface area contributed by atoms with E-state index in [0.717, 1.165) is 6.07 Å². The molecule has 0 amide bonds. The van der Waals surface area contributed by atoms with Gasteiger partial charge in [-0.3, -0.25) is 4.68 Å². The highest BCUT2D eigenvalue weighted by molar-refractivity contribution is 5.89. The number of aryl methyl sites for hydroxylation is 1. The highest BCUT2D eigenvalue weighted by Crippen LogP contribution is 2.25. The van der Waals surface area contributed by atoms with Crippen molar-refractivity contribution in [1.82, 2.24) is 9.78 Å². The average molecular weight is 250 g/mol. The number of halogens is 1. The molecule has 0 saturated heterocycles. The van der Waals surface area contributed by atoms with E-state index in [4.69, 9.17) is 5.11 Å². The van der Waals surface area contributed by atoms with Gasteiger partial charge < -0.3 is 10.2 Å². The second-order valence-corrected chi connectivity index (χ2v) is 3.82. The number of aromatic carboxylic acids is 1. The van der Waals surface area contributed by atoms with Gasteiger partial charge in [-0.1, -0.05) is 0 Å². The van der Waals surface area contributed by atoms with Gasteiger partial charge in [0.05, 0.1) is 24.1 Å². The molecule has 1 aromatic carbocycles. The molecule has 2 rings (SSSR count). The largest absolute Gasteiger partial charge is 0.478 e. The van der Waals surface area contributed by atoms with Crippen molar-refractivity contribution < 1.29 is 19.4 Å². The van der Waals surface area contributed by atoms with E-state index in [1.54, 1.807) is 7.05 Å². The lowest BCUT2D eigenvalue weighted by Gasteiger charge is -2.05. The first-order valence-electron chi connectivity index (χ1n) is 5.19. The molecular formula is C12H11FN2O3. The van der Waals surface area contributed by atoms with Crippen LogP contribution in [0, 0.1) is 5.82 Å². The third-order valence-electron chi connectivity index (χ3n) is 2.67. The van der Waals surface area contributed by atoms with Gasteiger partial charge in [-0.05, 0) is 23.8 Å². The first-order chi connectivity index (χ1) is 8.52. The number of aliphatic hydroxyl groups is 1. The van der Waals surface area contributed by atoms with Crippen LogP contribution >= 0.6 is 0 Å². The summed E-state index contributed by atoms with van der Waals surface area (Å²) < 4.78 is 14.8. The number of rotatable bonds is 3. The molecule has 0 fully saturated rings. The van der Waals surface area contributed by atoms with Crippen LogP contribution in [0.3, 0.4) is 0 Å². The Bertz CT molecular complexity index is 607. The standard InChI is InChI=1S/C12H11FN2O3/c1-15-11(6-16)10(5-14-15)7-2-8(12(17)18)4-9(13)3-7/h2-5,16H,6H2,1H3,(H,17,18). The van der Waals surface area contributed by atoms with Gasteiger partial charge in [0.1, 0.15) is 5.82 Å². The van der Waals surface area contributed by atoms with Crippen LogP contribution in [0.4, 0.5) is 4.39 Å². The monoisotopic (exact) mass is 250 g/mol. The molecule has 0 radical (unpaired) electrons. The van der Waals surface area contributed by atoms with Gasteiger partial charge in [0, 0.05) is 12.6 Å². The van der Waals surface area contributed by atoms with Crippen molar-refractivity contribution in [2.45, 2.75) is 6.61 Å². The Morgan fingerprint density at radius 3 is 2.78 bits per heavy atom. The summed E-state index contributed by atoms with van der Waals surface area (Å²) >= 11 is 0. The quantitative estimate of drug-likeness (QED) is 0.863. The molecule has 0 saturated carbocycles. The van der Waals surface area contributed by atoms with E-state index >= 15 is 0 Å². The summed E-state index contributed by atoms with van der Waals surface area (Å²) in [5.41, 5.74) is 1.25. The molecule has 0 unspecified atom stereocenters. The van der Waals surface area contributed by atoms with Gasteiger partial charge in [0.2, 0.25) is 0 Å². The molecule has 0 aliphatic rings. The van der Waals surface area contributed by atoms with Crippen molar-refractivity contribution in [3.05, 3.63) is 41.5 Å². The Kier molecular flexibility index (Phi) is 3.12. The lowest BCUT2D eigenvalue weighted by atomic mass is 10.0. The third kappa shape index (κ3) is 2.10. The molecule has 94 valence electrons. The van der Waals surface area contributed by atoms with Crippen LogP contribution in [0.25, 0.3) is 11.1 Å². The van der Waals surface area contributed by atoms with Crippen LogP contribution in [0.2, 0.25) is 0 Å². The minimum Gasteiger partial charge on any atom is -0.478 e. The van der Waals surface area contributed by atoms with E-state index in [0.29, 0.717) is 16.8 Å². The van der Waals surface area contributed by atoms with Crippen molar-refractivity contribution >= 4 is 5.97 Å². The summed E-state index contributed by atoms with van der Waals surface area (Å²) in [4.78, 5) is 10.9. The van der Waals surface area contributed by atoms with Crippen LogP contribution in [-0.2, 0) is 13.7 Å². The minimum absolute atomic E-state index is 0.141. The maximum atomic E-state index is 13.4. The van der Waals surface area contributed by atoms with Crippen LogP contribution < -0.4 is 0 Å². The highest BCUT2D eigenvalue weighted by Gasteiger charge is 2.13. The van der Waals surface area contributed by atoms with Crippen molar-refractivity contribution in [3.8, 4) is 11.1 Å². The van der Waals surface area contributed by atoms with Crippen LogP contribution in [-0.4, -0.2) is 26.0 Å². The highest BCUT2D eigenvalue weighted by atomic mass is 19.1. The van der Waals surface area contributed by atoms with E-state index in [2.05, 4.69) is 5.10 Å². The zero-order chi connectivity index (χ0) is 13.3. The zero-order valence-electron chi connectivity index (χ0n) is 9.59. The summed E-state index contributed by atoms with van der Waals surface area (Å²) in [6.45, 7) is -0.259. The fourth-order valence-electron chi connectivity index (χ4n) is 1.76. The Morgan fingerprint density at radius 2 is 2.17 bits per heavy atom. The Hall–Kier alpha value is -2.21. The van der Waals surface area contributed by atoms with Crippen LogP contribution in [0.1, 0.15) is 16.1 Å². The van der Waals surface area contributed by atoms with Crippen molar-refractivity contribution in [2.24, 2.45) is 7.05 Å². The molecule has 0 aliphatic carbocycles. The number of carbonyl (C=O) groups is 1. The minimum atomic E-state index is -1.20. The summed E-state index contributed by atoms with van der Waals surface area (Å²) in [6.07, 6.45) is 1.46. The second kappa shape index (κ2) is 4.58. The number of aliphatic hydroxyl groups excluding tert-OH is 1. The molecule has 1 aromatic heterocycles. The van der Waals surface area contributed by atoms with Gasteiger partial charge in [-0.2, -0.15) is 5.10 Å². The maximum Gasteiger partial charge on any atom is 0.335 e. The molecule has 2 N–H and O–H groups in total. The number of benzene rings is 1. The summed E-state index contributed by atoms with van der Waals surface area (Å²) in [7, 11) is 1.65. The van der Waals surface area contributed by atoms with E-state index in [1.165, 1.54) is 23.0 Å². The molecule has 18 heavy (non-hydrogen) atoms. The SMILES string of the molecule is Cn1ncc(-c2cc(F)cc(C(=O)O)c2)c1CO. The normalized spacial score (nSPS) is 10.6. The molecule has 0 spiro atoms. The first-order valence-corrected chi connectivity index (χ1v) is 5.19. The van der Waals surface area contributed by atoms with Crippen molar-refractivity contribution in [3.63, 3.8) is 0 Å². The summed E-state index contributed by atoms with van der Waals surface area (Å²) in [6, 6.07) is 3.50. The number of carboxylic acid groups (broad SMARTS) is 1. The molecule has 0 atom stereocenters. The van der Waals surface area contributed by atoms with Crippen molar-refractivity contribution in [2.75, 3.05) is 0 Å². The molecule has 1 heterocycles. The second-order valence-electron chi connectivity index (χ2n) is 3.82. The number of hydrogen-bond acceptors (Lipinski definition) is 3. The topological polar surface area (TPSA) is 75.4 Å². The number of nitrogens with zero attached hydrogens (tertiary/aromatic N) is 2. The third-order valence-corrected chi connectivity index (χ3v) is 2.67. The van der Waals surface area contributed by atoms with Gasteiger partial charge >= 0.3 is 5.97 Å². The van der Waals surface area contributed by atoms with Crippen molar-refractivity contribution in [1.29, 1.82) is 0 Å². The fraction of sp³-hybridized carbons (Fsp3) is 0.167. The zero-order valence-corrected chi connectivity index (χ0v) is 9.59. The predicted octanol–water partition coefficient (Wildman–Crippen LogP) is 1.42. The van der Waals surface area contributed by atoms with Gasteiger partial charge in [-0.25, -0.2) is 9.18 Å². The lowest BCUT2D eigenvalue weighted by Crippen LogP contribution is -2.00. The molecule has 5 nitrogen and oxygen atoms in total. The smallest absolute Gasteiger partial charge is 0.335 e. The maximum absolute atomic E-state index is 13.4. The molecule has 6 heteroatoms. The fourth-order valence-corrected chi connectivity index (χ4v) is 1.76. The van der Waals surface area contributed by atoms with E-state index in [1.807, 2.05) is 0 Å². The predicted molar refractivity (Wildman–Crippen MR) is 61.5 cm³/mol. The number of carboxylic acids is 1. The van der Waals surface area contributed by atoms with Gasteiger partial charge in [-0.15, -0.1) is 0 Å². The Labute approximate surface area is 102 Å². The summed E-state index contributed by atoms with van der Waals surface area (Å²) in [5, 5.41) is 22.1. The average Bonchev–Trinajstić information content (AvgIpc) is 2.69. The van der Waals surface area contributed by atoms with Crippen LogP contribution in [0.15, 0.2) is 24.4 Å². The number of aromatic nitrogens is 2. The molecule has 2 aromatic rings.